The van der Waals surface area contributed by atoms with Gasteiger partial charge in [-0.2, -0.15) is 0 Å². The Morgan fingerprint density at radius 3 is 3.00 bits per heavy atom. The molecular formula is C13H14ClNO4. The van der Waals surface area contributed by atoms with Crippen molar-refractivity contribution >= 4 is 24.0 Å². The highest BCUT2D eigenvalue weighted by molar-refractivity contribution is 6.33. The number of amides is 1. The van der Waals surface area contributed by atoms with Crippen LogP contribution in [0.25, 0.3) is 0 Å². The molecule has 2 rings (SSSR count). The van der Waals surface area contributed by atoms with Crippen LogP contribution in [0.5, 0.6) is 5.75 Å². The number of rotatable bonds is 5. The van der Waals surface area contributed by atoms with E-state index in [0.29, 0.717) is 17.2 Å². The van der Waals surface area contributed by atoms with Crippen LogP contribution in [-0.4, -0.2) is 30.6 Å². The summed E-state index contributed by atoms with van der Waals surface area (Å²) < 4.78 is 5.44. The average Bonchev–Trinajstić information content (AvgIpc) is 2.80. The Morgan fingerprint density at radius 1 is 1.53 bits per heavy atom. The van der Waals surface area contributed by atoms with E-state index in [1.165, 1.54) is 0 Å². The van der Waals surface area contributed by atoms with Crippen LogP contribution in [0.4, 0.5) is 4.79 Å². The third-order valence-electron chi connectivity index (χ3n) is 3.08. The Balaban J connectivity index is 2.00. The molecule has 0 saturated carbocycles. The van der Waals surface area contributed by atoms with Crippen LogP contribution in [0.3, 0.4) is 0 Å². The number of carboxylic acid groups (broad SMARTS) is 1. The molecule has 102 valence electrons. The molecule has 1 aliphatic carbocycles. The number of carbonyl (C=O) groups is 2. The smallest absolute Gasteiger partial charge is 0.404 e. The number of aldehydes is 1. The topological polar surface area (TPSA) is 75.6 Å². The van der Waals surface area contributed by atoms with E-state index < -0.39 is 6.09 Å². The van der Waals surface area contributed by atoms with E-state index in [-0.39, 0.29) is 19.1 Å². The van der Waals surface area contributed by atoms with Gasteiger partial charge in [-0.25, -0.2) is 4.79 Å². The first-order valence-corrected chi connectivity index (χ1v) is 6.34. The molecule has 0 fully saturated rings. The summed E-state index contributed by atoms with van der Waals surface area (Å²) in [6.07, 6.45) is 1.23. The van der Waals surface area contributed by atoms with E-state index in [9.17, 15) is 9.59 Å². The highest BCUT2D eigenvalue weighted by Crippen LogP contribution is 2.37. The quantitative estimate of drug-likeness (QED) is 0.639. The Morgan fingerprint density at radius 2 is 2.32 bits per heavy atom. The second kappa shape index (κ2) is 5.93. The molecule has 0 heterocycles. The molecule has 1 amide bonds. The van der Waals surface area contributed by atoms with Gasteiger partial charge in [0.1, 0.15) is 18.6 Å². The van der Waals surface area contributed by atoms with Crippen molar-refractivity contribution in [1.29, 1.82) is 0 Å². The van der Waals surface area contributed by atoms with Gasteiger partial charge in [-0.15, -0.1) is 0 Å². The fraction of sp³-hybridized carbons (Fsp3) is 0.385. The average molecular weight is 284 g/mol. The molecule has 5 nitrogen and oxygen atoms in total. The maximum absolute atomic E-state index is 10.8. The van der Waals surface area contributed by atoms with E-state index >= 15 is 0 Å². The number of benzene rings is 1. The molecule has 1 aliphatic rings. The third-order valence-corrected chi connectivity index (χ3v) is 3.50. The molecule has 19 heavy (non-hydrogen) atoms. The lowest BCUT2D eigenvalue weighted by Crippen LogP contribution is -2.26. The van der Waals surface area contributed by atoms with Gasteiger partial charge in [0.15, 0.2) is 0 Å². The summed E-state index contributed by atoms with van der Waals surface area (Å²) in [4.78, 5) is 21.1. The zero-order valence-corrected chi connectivity index (χ0v) is 10.9. The van der Waals surface area contributed by atoms with Gasteiger partial charge in [0, 0.05) is 5.92 Å². The Kier molecular flexibility index (Phi) is 4.27. The largest absolute Gasteiger partial charge is 0.490 e. The molecule has 1 atom stereocenters. The normalized spacial score (nSPS) is 16.8. The maximum atomic E-state index is 10.8. The Hall–Kier alpha value is -1.75. The molecule has 0 spiro atoms. The molecule has 2 N–H and O–H groups in total. The van der Waals surface area contributed by atoms with Gasteiger partial charge in [0.05, 0.1) is 11.6 Å². The lowest BCUT2D eigenvalue weighted by atomic mass is 10.1. The van der Waals surface area contributed by atoms with Crippen molar-refractivity contribution in [3.63, 3.8) is 0 Å². The molecule has 0 radical (unpaired) electrons. The summed E-state index contributed by atoms with van der Waals surface area (Å²) in [5.74, 6) is 0.524. The van der Waals surface area contributed by atoms with Crippen molar-refractivity contribution in [2.75, 3.05) is 13.2 Å². The van der Waals surface area contributed by atoms with Crippen LogP contribution in [0.2, 0.25) is 5.02 Å². The summed E-state index contributed by atoms with van der Waals surface area (Å²) in [6, 6.07) is 3.67. The van der Waals surface area contributed by atoms with E-state index in [0.717, 1.165) is 23.8 Å². The summed E-state index contributed by atoms with van der Waals surface area (Å²) >= 11 is 6.24. The molecule has 6 heteroatoms. The number of halogens is 1. The second-order valence-corrected chi connectivity index (χ2v) is 4.78. The number of carbonyl (C=O) groups excluding carboxylic acids is 1. The van der Waals surface area contributed by atoms with Crippen LogP contribution in [-0.2, 0) is 17.6 Å². The highest BCUT2D eigenvalue weighted by atomic mass is 35.5. The molecule has 0 aliphatic heterocycles. The lowest BCUT2D eigenvalue weighted by Gasteiger charge is -2.11. The minimum atomic E-state index is -1.09. The van der Waals surface area contributed by atoms with Gasteiger partial charge < -0.3 is 20.0 Å². The fourth-order valence-electron chi connectivity index (χ4n) is 2.20. The number of fused-ring (bicyclic) bond motifs is 1. The predicted octanol–water partition coefficient (Wildman–Crippen LogP) is 1.90. The first kappa shape index (κ1) is 13.7. The first-order valence-electron chi connectivity index (χ1n) is 5.97. The molecule has 1 aromatic rings. The minimum Gasteiger partial charge on any atom is -0.490 e. The van der Waals surface area contributed by atoms with Crippen molar-refractivity contribution in [3.05, 3.63) is 28.3 Å². The van der Waals surface area contributed by atoms with E-state index in [1.807, 2.05) is 6.07 Å². The van der Waals surface area contributed by atoms with Gasteiger partial charge in [0.2, 0.25) is 0 Å². The van der Waals surface area contributed by atoms with Gasteiger partial charge >= 0.3 is 6.09 Å². The SMILES string of the molecule is O=CC1Cc2ccc(OCCNC(=O)O)c(Cl)c2C1. The zero-order chi connectivity index (χ0) is 13.8. The van der Waals surface area contributed by atoms with Gasteiger partial charge in [-0.3, -0.25) is 0 Å². The lowest BCUT2D eigenvalue weighted by molar-refractivity contribution is -0.110. The molecule has 1 unspecified atom stereocenters. The van der Waals surface area contributed by atoms with Gasteiger partial charge in [-0.1, -0.05) is 17.7 Å². The Labute approximate surface area is 115 Å². The van der Waals surface area contributed by atoms with Crippen LogP contribution < -0.4 is 10.1 Å². The summed E-state index contributed by atoms with van der Waals surface area (Å²) in [5, 5.41) is 11.2. The number of nitrogens with one attached hydrogen (secondary N) is 1. The molecule has 1 aromatic carbocycles. The summed E-state index contributed by atoms with van der Waals surface area (Å²) in [6.45, 7) is 0.404. The fourth-order valence-corrected chi connectivity index (χ4v) is 2.51. The predicted molar refractivity (Wildman–Crippen MR) is 69.9 cm³/mol. The van der Waals surface area contributed by atoms with Crippen molar-refractivity contribution in [2.45, 2.75) is 12.8 Å². The van der Waals surface area contributed by atoms with Crippen LogP contribution in [0.15, 0.2) is 12.1 Å². The number of hydrogen-bond donors (Lipinski definition) is 2. The van der Waals surface area contributed by atoms with Crippen molar-refractivity contribution in [3.8, 4) is 5.75 Å². The zero-order valence-electron chi connectivity index (χ0n) is 10.2. The minimum absolute atomic E-state index is 0.00331. The van der Waals surface area contributed by atoms with Crippen molar-refractivity contribution in [2.24, 2.45) is 5.92 Å². The highest BCUT2D eigenvalue weighted by Gasteiger charge is 2.24. The molecule has 0 saturated heterocycles. The van der Waals surface area contributed by atoms with Gasteiger partial charge in [0.25, 0.3) is 0 Å². The van der Waals surface area contributed by atoms with Crippen LogP contribution >= 0.6 is 11.6 Å². The number of hydrogen-bond acceptors (Lipinski definition) is 3. The monoisotopic (exact) mass is 283 g/mol. The van der Waals surface area contributed by atoms with Crippen molar-refractivity contribution in [1.82, 2.24) is 5.32 Å². The Bertz CT molecular complexity index is 504. The standard InChI is InChI=1S/C13H14ClNO4/c14-12-10-6-8(7-16)5-9(10)1-2-11(12)19-4-3-15-13(17)18/h1-2,7-8,15H,3-6H2,(H,17,18). The van der Waals surface area contributed by atoms with Crippen molar-refractivity contribution < 1.29 is 19.4 Å². The second-order valence-electron chi connectivity index (χ2n) is 4.40. The van der Waals surface area contributed by atoms with Crippen LogP contribution in [0, 0.1) is 5.92 Å². The van der Waals surface area contributed by atoms with E-state index in [4.69, 9.17) is 21.4 Å². The van der Waals surface area contributed by atoms with E-state index in [1.54, 1.807) is 6.07 Å². The summed E-state index contributed by atoms with van der Waals surface area (Å²) in [5.41, 5.74) is 2.04. The summed E-state index contributed by atoms with van der Waals surface area (Å²) in [7, 11) is 0. The van der Waals surface area contributed by atoms with Crippen LogP contribution in [0.1, 0.15) is 11.1 Å². The molecule has 0 bridgehead atoms. The van der Waals surface area contributed by atoms with E-state index in [2.05, 4.69) is 5.32 Å². The molecule has 0 aromatic heterocycles. The number of ether oxygens (including phenoxy) is 1. The van der Waals surface area contributed by atoms with Gasteiger partial charge in [-0.05, 0) is 30.0 Å². The molecular weight excluding hydrogens is 270 g/mol. The third kappa shape index (κ3) is 3.17. The maximum Gasteiger partial charge on any atom is 0.404 e. The first-order chi connectivity index (χ1) is 9.11.